The third-order valence-corrected chi connectivity index (χ3v) is 1.49. The summed E-state index contributed by atoms with van der Waals surface area (Å²) >= 11 is 0. The van der Waals surface area contributed by atoms with Gasteiger partial charge < -0.3 is 10.4 Å². The van der Waals surface area contributed by atoms with Crippen LogP contribution in [-0.2, 0) is 0 Å². The maximum atomic E-state index is 8.60. The van der Waals surface area contributed by atoms with E-state index in [2.05, 4.69) is 18.3 Å². The molecule has 0 bridgehead atoms. The lowest BCUT2D eigenvalue weighted by Gasteiger charge is -2.16. The highest BCUT2D eigenvalue weighted by Gasteiger charge is 2.02. The largest absolute Gasteiger partial charge is 0.396 e. The van der Waals surface area contributed by atoms with Crippen LogP contribution in [0.4, 0.5) is 0 Å². The Kier molecular flexibility index (Phi) is 2.51. The number of allylic oxidation sites excluding steroid dienone is 2. The summed E-state index contributed by atoms with van der Waals surface area (Å²) < 4.78 is 0. The van der Waals surface area contributed by atoms with Crippen molar-refractivity contribution < 1.29 is 5.11 Å². The lowest BCUT2D eigenvalue weighted by Crippen LogP contribution is -2.25. The average molecular weight is 139 g/mol. The van der Waals surface area contributed by atoms with Gasteiger partial charge in [0, 0.05) is 24.8 Å². The van der Waals surface area contributed by atoms with Crippen molar-refractivity contribution in [2.24, 2.45) is 0 Å². The molecular formula is C8H13NO. The standard InChI is InChI=1S/C8H13NO/c1-7-3-2-4-8(9-7)5-6-10/h2-4,7,9-10H,5-6H2,1H3. The normalized spacial score (nSPS) is 23.8. The van der Waals surface area contributed by atoms with E-state index < -0.39 is 0 Å². The Morgan fingerprint density at radius 1 is 1.70 bits per heavy atom. The Hall–Kier alpha value is -0.760. The molecular weight excluding hydrogens is 126 g/mol. The van der Waals surface area contributed by atoms with E-state index in [-0.39, 0.29) is 6.61 Å². The maximum Gasteiger partial charge on any atom is 0.0485 e. The van der Waals surface area contributed by atoms with Gasteiger partial charge in [0.25, 0.3) is 0 Å². The Morgan fingerprint density at radius 3 is 3.10 bits per heavy atom. The van der Waals surface area contributed by atoms with E-state index in [0.29, 0.717) is 6.04 Å². The lowest BCUT2D eigenvalue weighted by molar-refractivity contribution is 0.295. The van der Waals surface area contributed by atoms with Crippen molar-refractivity contribution in [3.8, 4) is 0 Å². The van der Waals surface area contributed by atoms with Gasteiger partial charge in [0.15, 0.2) is 0 Å². The monoisotopic (exact) mass is 139 g/mol. The highest BCUT2D eigenvalue weighted by atomic mass is 16.3. The molecule has 1 unspecified atom stereocenters. The van der Waals surface area contributed by atoms with Crippen molar-refractivity contribution in [3.63, 3.8) is 0 Å². The molecule has 0 amide bonds. The van der Waals surface area contributed by atoms with Crippen molar-refractivity contribution in [2.45, 2.75) is 19.4 Å². The van der Waals surface area contributed by atoms with Crippen LogP contribution in [-0.4, -0.2) is 17.8 Å². The Labute approximate surface area is 61.3 Å². The molecule has 2 heteroatoms. The molecule has 0 aromatic carbocycles. The molecule has 0 radical (unpaired) electrons. The van der Waals surface area contributed by atoms with E-state index in [0.717, 1.165) is 12.1 Å². The Balaban J connectivity index is 2.45. The number of aliphatic hydroxyl groups is 1. The fourth-order valence-corrected chi connectivity index (χ4v) is 1.00. The van der Waals surface area contributed by atoms with Crippen molar-refractivity contribution in [1.82, 2.24) is 5.32 Å². The van der Waals surface area contributed by atoms with Crippen LogP contribution < -0.4 is 5.32 Å². The number of dihydropyridines is 1. The van der Waals surface area contributed by atoms with Crippen LogP contribution in [0.2, 0.25) is 0 Å². The molecule has 2 nitrogen and oxygen atoms in total. The lowest BCUT2D eigenvalue weighted by atomic mass is 10.2. The molecule has 0 fully saturated rings. The van der Waals surface area contributed by atoms with Crippen LogP contribution in [0.5, 0.6) is 0 Å². The predicted octanol–water partition coefficient (Wildman–Crippen LogP) is 0.801. The molecule has 10 heavy (non-hydrogen) atoms. The second-order valence-electron chi connectivity index (χ2n) is 2.48. The van der Waals surface area contributed by atoms with Gasteiger partial charge in [0.1, 0.15) is 0 Å². The molecule has 56 valence electrons. The van der Waals surface area contributed by atoms with E-state index >= 15 is 0 Å². The zero-order chi connectivity index (χ0) is 7.40. The van der Waals surface area contributed by atoms with Gasteiger partial charge in [0.05, 0.1) is 0 Å². The Morgan fingerprint density at radius 2 is 2.50 bits per heavy atom. The molecule has 1 atom stereocenters. The number of rotatable bonds is 2. The first-order valence-corrected chi connectivity index (χ1v) is 3.57. The van der Waals surface area contributed by atoms with Crippen LogP contribution in [0.1, 0.15) is 13.3 Å². The molecule has 1 aliphatic heterocycles. The fraction of sp³-hybridized carbons (Fsp3) is 0.500. The van der Waals surface area contributed by atoms with E-state index in [9.17, 15) is 0 Å². The van der Waals surface area contributed by atoms with Gasteiger partial charge in [-0.05, 0) is 13.0 Å². The summed E-state index contributed by atoms with van der Waals surface area (Å²) in [6.07, 6.45) is 6.83. The summed E-state index contributed by atoms with van der Waals surface area (Å²) in [6.45, 7) is 2.31. The number of hydrogen-bond donors (Lipinski definition) is 2. The third-order valence-electron chi connectivity index (χ3n) is 1.49. The van der Waals surface area contributed by atoms with Crippen LogP contribution in [0.3, 0.4) is 0 Å². The molecule has 0 aliphatic carbocycles. The summed E-state index contributed by atoms with van der Waals surface area (Å²) in [4.78, 5) is 0. The van der Waals surface area contributed by atoms with Crippen molar-refractivity contribution in [1.29, 1.82) is 0 Å². The summed E-state index contributed by atoms with van der Waals surface area (Å²) in [5, 5.41) is 11.8. The molecule has 0 aromatic rings. The van der Waals surface area contributed by atoms with Gasteiger partial charge in [-0.25, -0.2) is 0 Å². The molecule has 1 aliphatic rings. The summed E-state index contributed by atoms with van der Waals surface area (Å²) in [7, 11) is 0. The van der Waals surface area contributed by atoms with Gasteiger partial charge in [-0.1, -0.05) is 12.2 Å². The highest BCUT2D eigenvalue weighted by Crippen LogP contribution is 2.04. The van der Waals surface area contributed by atoms with Crippen LogP contribution in [0.15, 0.2) is 23.9 Å². The quantitative estimate of drug-likeness (QED) is 0.593. The first-order valence-electron chi connectivity index (χ1n) is 3.57. The predicted molar refractivity (Wildman–Crippen MR) is 41.5 cm³/mol. The van der Waals surface area contributed by atoms with Gasteiger partial charge in [0.2, 0.25) is 0 Å². The minimum atomic E-state index is 0.222. The maximum absolute atomic E-state index is 8.60. The number of aliphatic hydroxyl groups excluding tert-OH is 1. The van der Waals surface area contributed by atoms with Gasteiger partial charge >= 0.3 is 0 Å². The van der Waals surface area contributed by atoms with E-state index in [1.54, 1.807) is 0 Å². The highest BCUT2D eigenvalue weighted by molar-refractivity contribution is 5.19. The van der Waals surface area contributed by atoms with Crippen LogP contribution in [0.25, 0.3) is 0 Å². The number of nitrogens with one attached hydrogen (secondary N) is 1. The summed E-state index contributed by atoms with van der Waals surface area (Å²) in [5.41, 5.74) is 1.12. The zero-order valence-electron chi connectivity index (χ0n) is 6.17. The second kappa shape index (κ2) is 3.42. The molecule has 0 aromatic heterocycles. The molecule has 1 heterocycles. The van der Waals surface area contributed by atoms with E-state index in [1.165, 1.54) is 0 Å². The molecule has 0 saturated heterocycles. The smallest absolute Gasteiger partial charge is 0.0485 e. The summed E-state index contributed by atoms with van der Waals surface area (Å²) in [5.74, 6) is 0. The van der Waals surface area contributed by atoms with Gasteiger partial charge in [-0.15, -0.1) is 0 Å². The minimum Gasteiger partial charge on any atom is -0.396 e. The van der Waals surface area contributed by atoms with Crippen LogP contribution >= 0.6 is 0 Å². The molecule has 0 spiro atoms. The SMILES string of the molecule is CC1C=CC=C(CCO)N1. The number of hydrogen-bond acceptors (Lipinski definition) is 2. The topological polar surface area (TPSA) is 32.3 Å². The minimum absolute atomic E-state index is 0.222. The second-order valence-corrected chi connectivity index (χ2v) is 2.48. The van der Waals surface area contributed by atoms with Crippen molar-refractivity contribution in [3.05, 3.63) is 23.9 Å². The third kappa shape index (κ3) is 1.88. The Bertz CT molecular complexity index is 161. The molecule has 1 rings (SSSR count). The summed E-state index contributed by atoms with van der Waals surface area (Å²) in [6, 6.07) is 0.409. The average Bonchev–Trinajstić information content (AvgIpc) is 1.88. The van der Waals surface area contributed by atoms with E-state index in [4.69, 9.17) is 5.11 Å². The van der Waals surface area contributed by atoms with Gasteiger partial charge in [-0.3, -0.25) is 0 Å². The van der Waals surface area contributed by atoms with E-state index in [1.807, 2.05) is 12.2 Å². The van der Waals surface area contributed by atoms with Crippen molar-refractivity contribution in [2.75, 3.05) is 6.61 Å². The van der Waals surface area contributed by atoms with Crippen LogP contribution in [0, 0.1) is 0 Å². The first-order chi connectivity index (χ1) is 4.83. The molecule has 0 saturated carbocycles. The molecule has 2 N–H and O–H groups in total. The fourth-order valence-electron chi connectivity index (χ4n) is 1.00. The van der Waals surface area contributed by atoms with Crippen molar-refractivity contribution >= 4 is 0 Å². The zero-order valence-corrected chi connectivity index (χ0v) is 6.17. The van der Waals surface area contributed by atoms with Gasteiger partial charge in [-0.2, -0.15) is 0 Å². The first kappa shape index (κ1) is 7.35.